The highest BCUT2D eigenvalue weighted by atomic mass is 32.1. The van der Waals surface area contributed by atoms with E-state index in [4.69, 9.17) is 0 Å². The predicted octanol–water partition coefficient (Wildman–Crippen LogP) is 3.40. The molecule has 4 aromatic rings. The van der Waals surface area contributed by atoms with E-state index < -0.39 is 7.12 Å². The fraction of sp³-hybridized carbons (Fsp3) is 0. The van der Waals surface area contributed by atoms with E-state index in [9.17, 15) is 10.0 Å². The van der Waals surface area contributed by atoms with Gasteiger partial charge in [0, 0.05) is 20.2 Å². The molecule has 3 aromatic carbocycles. The third-order valence-corrected chi connectivity index (χ3v) is 5.00. The standard InChI is InChI=1S/C18H13BO2S/c20-19(21)13-10-15(12-6-2-1-3-7-12)18-14-8-4-5-9-16(14)22-17(18)11-13/h1-11,20-21H. The van der Waals surface area contributed by atoms with Crippen molar-refractivity contribution < 1.29 is 10.0 Å². The molecule has 1 heterocycles. The van der Waals surface area contributed by atoms with E-state index in [0.29, 0.717) is 5.46 Å². The van der Waals surface area contributed by atoms with E-state index in [-0.39, 0.29) is 0 Å². The Morgan fingerprint density at radius 1 is 0.773 bits per heavy atom. The van der Waals surface area contributed by atoms with Crippen LogP contribution >= 0.6 is 11.3 Å². The van der Waals surface area contributed by atoms with E-state index in [0.717, 1.165) is 15.8 Å². The first-order valence-electron chi connectivity index (χ1n) is 7.11. The molecule has 0 fully saturated rings. The van der Waals surface area contributed by atoms with Crippen LogP contribution in [-0.4, -0.2) is 17.2 Å². The highest BCUT2D eigenvalue weighted by Crippen LogP contribution is 2.39. The number of fused-ring (bicyclic) bond motifs is 3. The molecule has 22 heavy (non-hydrogen) atoms. The Kier molecular flexibility index (Phi) is 3.23. The first kappa shape index (κ1) is 13.5. The van der Waals surface area contributed by atoms with Gasteiger partial charge < -0.3 is 10.0 Å². The second-order valence-corrected chi connectivity index (χ2v) is 6.36. The summed E-state index contributed by atoms with van der Waals surface area (Å²) in [5.74, 6) is 0. The molecule has 4 rings (SSSR count). The number of hydrogen-bond acceptors (Lipinski definition) is 3. The molecule has 2 N–H and O–H groups in total. The lowest BCUT2D eigenvalue weighted by atomic mass is 9.78. The van der Waals surface area contributed by atoms with E-state index >= 15 is 0 Å². The van der Waals surface area contributed by atoms with Crippen molar-refractivity contribution in [3.8, 4) is 11.1 Å². The minimum atomic E-state index is -1.46. The Morgan fingerprint density at radius 3 is 2.27 bits per heavy atom. The highest BCUT2D eigenvalue weighted by molar-refractivity contribution is 7.26. The molecule has 0 aliphatic rings. The van der Waals surface area contributed by atoms with Gasteiger partial charge in [0.1, 0.15) is 0 Å². The molecular formula is C18H13BO2S. The molecule has 1 aromatic heterocycles. The maximum absolute atomic E-state index is 9.59. The predicted molar refractivity (Wildman–Crippen MR) is 94.6 cm³/mol. The Bertz CT molecular complexity index is 961. The summed E-state index contributed by atoms with van der Waals surface area (Å²) < 4.78 is 2.28. The molecule has 0 unspecified atom stereocenters. The highest BCUT2D eigenvalue weighted by Gasteiger charge is 2.17. The van der Waals surface area contributed by atoms with Gasteiger partial charge in [0.15, 0.2) is 0 Å². The van der Waals surface area contributed by atoms with Gasteiger partial charge in [0.25, 0.3) is 0 Å². The molecule has 2 nitrogen and oxygen atoms in total. The van der Waals surface area contributed by atoms with E-state index in [1.807, 2.05) is 42.5 Å². The minimum Gasteiger partial charge on any atom is -0.423 e. The summed E-state index contributed by atoms with van der Waals surface area (Å²) >= 11 is 1.68. The average Bonchev–Trinajstić information content (AvgIpc) is 2.93. The monoisotopic (exact) mass is 304 g/mol. The zero-order valence-corrected chi connectivity index (χ0v) is 12.5. The van der Waals surface area contributed by atoms with Crippen LogP contribution in [-0.2, 0) is 0 Å². The topological polar surface area (TPSA) is 40.5 Å². The molecule has 0 radical (unpaired) electrons. The Balaban J connectivity index is 2.15. The summed E-state index contributed by atoms with van der Waals surface area (Å²) in [6.45, 7) is 0. The summed E-state index contributed by atoms with van der Waals surface area (Å²) in [7, 11) is -1.46. The van der Waals surface area contributed by atoms with Gasteiger partial charge in [0.05, 0.1) is 0 Å². The van der Waals surface area contributed by atoms with E-state index in [2.05, 4.69) is 24.3 Å². The second-order valence-electron chi connectivity index (χ2n) is 5.28. The van der Waals surface area contributed by atoms with Gasteiger partial charge >= 0.3 is 7.12 Å². The third kappa shape index (κ3) is 2.13. The normalized spacial score (nSPS) is 11.2. The van der Waals surface area contributed by atoms with Gasteiger partial charge in [-0.1, -0.05) is 54.6 Å². The molecular weight excluding hydrogens is 291 g/mol. The van der Waals surface area contributed by atoms with Crippen molar-refractivity contribution in [2.75, 3.05) is 0 Å². The molecule has 106 valence electrons. The lowest BCUT2D eigenvalue weighted by Crippen LogP contribution is -2.29. The molecule has 0 saturated carbocycles. The number of rotatable bonds is 2. The molecule has 0 bridgehead atoms. The van der Waals surface area contributed by atoms with Crippen LogP contribution in [0.25, 0.3) is 31.3 Å². The van der Waals surface area contributed by atoms with Crippen LogP contribution < -0.4 is 5.46 Å². The van der Waals surface area contributed by atoms with Crippen LogP contribution in [0.15, 0.2) is 66.7 Å². The van der Waals surface area contributed by atoms with Crippen molar-refractivity contribution in [1.29, 1.82) is 0 Å². The number of thiophene rings is 1. The molecule has 0 spiro atoms. The number of hydrogen-bond donors (Lipinski definition) is 2. The third-order valence-electron chi connectivity index (χ3n) is 3.88. The van der Waals surface area contributed by atoms with Crippen LogP contribution in [0, 0.1) is 0 Å². The first-order valence-corrected chi connectivity index (χ1v) is 7.92. The summed E-state index contributed by atoms with van der Waals surface area (Å²) in [6.07, 6.45) is 0. The quantitative estimate of drug-likeness (QED) is 0.557. The van der Waals surface area contributed by atoms with Gasteiger partial charge in [-0.3, -0.25) is 0 Å². The van der Waals surface area contributed by atoms with E-state index in [1.54, 1.807) is 11.3 Å². The van der Waals surface area contributed by atoms with Crippen molar-refractivity contribution in [3.63, 3.8) is 0 Å². The fourth-order valence-electron chi connectivity index (χ4n) is 2.87. The largest absolute Gasteiger partial charge is 0.488 e. The lowest BCUT2D eigenvalue weighted by molar-refractivity contribution is 0.426. The Labute approximate surface area is 132 Å². The fourth-order valence-corrected chi connectivity index (χ4v) is 4.05. The van der Waals surface area contributed by atoms with Crippen molar-refractivity contribution in [2.45, 2.75) is 0 Å². The zero-order chi connectivity index (χ0) is 15.1. The Morgan fingerprint density at radius 2 is 1.50 bits per heavy atom. The van der Waals surface area contributed by atoms with Crippen LogP contribution in [0.3, 0.4) is 0 Å². The summed E-state index contributed by atoms with van der Waals surface area (Å²) in [6, 6.07) is 22.1. The van der Waals surface area contributed by atoms with Crippen molar-refractivity contribution in [1.82, 2.24) is 0 Å². The second kappa shape index (κ2) is 5.25. The van der Waals surface area contributed by atoms with Crippen molar-refractivity contribution >= 4 is 44.1 Å². The van der Waals surface area contributed by atoms with Gasteiger partial charge in [-0.05, 0) is 28.7 Å². The first-order chi connectivity index (χ1) is 10.7. The zero-order valence-electron chi connectivity index (χ0n) is 11.7. The van der Waals surface area contributed by atoms with Crippen molar-refractivity contribution in [3.05, 3.63) is 66.7 Å². The maximum atomic E-state index is 9.59. The summed E-state index contributed by atoms with van der Waals surface area (Å²) in [4.78, 5) is 0. The van der Waals surface area contributed by atoms with Gasteiger partial charge in [-0.25, -0.2) is 0 Å². The molecule has 0 saturated heterocycles. The summed E-state index contributed by atoms with van der Waals surface area (Å²) in [5.41, 5.74) is 2.65. The van der Waals surface area contributed by atoms with Gasteiger partial charge in [0.2, 0.25) is 0 Å². The van der Waals surface area contributed by atoms with Gasteiger partial charge in [-0.15, -0.1) is 11.3 Å². The minimum absolute atomic E-state index is 0.526. The van der Waals surface area contributed by atoms with Gasteiger partial charge in [-0.2, -0.15) is 0 Å². The Hall–Kier alpha value is -2.14. The van der Waals surface area contributed by atoms with E-state index in [1.165, 1.54) is 15.5 Å². The van der Waals surface area contributed by atoms with Crippen LogP contribution in [0.2, 0.25) is 0 Å². The molecule has 4 heteroatoms. The van der Waals surface area contributed by atoms with Crippen molar-refractivity contribution in [2.24, 2.45) is 0 Å². The maximum Gasteiger partial charge on any atom is 0.488 e. The molecule has 0 aliphatic carbocycles. The van der Waals surface area contributed by atoms with Crippen LogP contribution in [0.4, 0.5) is 0 Å². The average molecular weight is 304 g/mol. The number of benzene rings is 3. The SMILES string of the molecule is OB(O)c1cc(-c2ccccc2)c2c(c1)sc1ccccc12. The molecule has 0 aliphatic heterocycles. The van der Waals surface area contributed by atoms with Crippen LogP contribution in [0.1, 0.15) is 0 Å². The lowest BCUT2D eigenvalue weighted by Gasteiger charge is -2.08. The van der Waals surface area contributed by atoms with Crippen LogP contribution in [0.5, 0.6) is 0 Å². The molecule has 0 atom stereocenters. The smallest absolute Gasteiger partial charge is 0.423 e. The molecule has 0 amide bonds. The summed E-state index contributed by atoms with van der Waals surface area (Å²) in [5, 5.41) is 21.6.